The Bertz CT molecular complexity index is 1260. The van der Waals surface area contributed by atoms with Crippen molar-refractivity contribution in [3.8, 4) is 17.2 Å². The number of hydrogen-bond donors (Lipinski definition) is 1. The van der Waals surface area contributed by atoms with E-state index >= 15 is 0 Å². The zero-order valence-electron chi connectivity index (χ0n) is 18.0. The van der Waals surface area contributed by atoms with Crippen molar-refractivity contribution in [1.29, 1.82) is 0 Å². The molecule has 1 amide bonds. The molecule has 4 rings (SSSR count). The van der Waals surface area contributed by atoms with Crippen LogP contribution in [0.25, 0.3) is 11.0 Å². The van der Waals surface area contributed by atoms with Crippen molar-refractivity contribution < 1.29 is 28.5 Å². The van der Waals surface area contributed by atoms with Crippen LogP contribution in [-0.2, 0) is 0 Å². The average molecular weight is 460 g/mol. The molecule has 0 aliphatic carbocycles. The maximum Gasteiger partial charge on any atom is 0.290 e. The van der Waals surface area contributed by atoms with Gasteiger partial charge in [0.2, 0.25) is 11.5 Å². The number of hydrogen-bond acceptors (Lipinski definition) is 7. The standard InChI is InChI=1S/C23H22ClNO7/c1-11-7-15-13(10-14(11)24)20(27)18-19(25(5-6-26)23(28)22(18)32-15)12-8-16(29-2)21(31-4)17(9-12)30-3/h7-10,19,26H,5-6H2,1-4H3. The molecule has 0 spiro atoms. The second-order valence-corrected chi connectivity index (χ2v) is 7.76. The number of benzene rings is 2. The third kappa shape index (κ3) is 3.27. The number of aliphatic hydroxyl groups excluding tert-OH is 1. The first-order chi connectivity index (χ1) is 15.4. The summed E-state index contributed by atoms with van der Waals surface area (Å²) in [6.07, 6.45) is 0. The molecule has 2 aromatic carbocycles. The molecule has 1 unspecified atom stereocenters. The van der Waals surface area contributed by atoms with Gasteiger partial charge >= 0.3 is 0 Å². The minimum Gasteiger partial charge on any atom is -0.493 e. The zero-order valence-corrected chi connectivity index (χ0v) is 18.8. The number of ether oxygens (including phenoxy) is 3. The van der Waals surface area contributed by atoms with Crippen LogP contribution in [-0.4, -0.2) is 50.4 Å². The van der Waals surface area contributed by atoms with Gasteiger partial charge in [-0.05, 0) is 42.3 Å². The highest BCUT2D eigenvalue weighted by molar-refractivity contribution is 6.32. The van der Waals surface area contributed by atoms with Crippen LogP contribution >= 0.6 is 11.6 Å². The summed E-state index contributed by atoms with van der Waals surface area (Å²) in [6.45, 7) is 1.49. The zero-order chi connectivity index (χ0) is 23.2. The lowest BCUT2D eigenvalue weighted by atomic mass is 9.97. The molecule has 0 bridgehead atoms. The van der Waals surface area contributed by atoms with E-state index in [9.17, 15) is 14.7 Å². The molecule has 9 heteroatoms. The lowest BCUT2D eigenvalue weighted by molar-refractivity contribution is 0.0691. The number of fused-ring (bicyclic) bond motifs is 2. The minimum absolute atomic E-state index is 0.0000701. The highest BCUT2D eigenvalue weighted by Crippen LogP contribution is 2.45. The van der Waals surface area contributed by atoms with Crippen LogP contribution in [0.15, 0.2) is 33.5 Å². The molecule has 1 aromatic heterocycles. The summed E-state index contributed by atoms with van der Waals surface area (Å²) in [6, 6.07) is 5.70. The van der Waals surface area contributed by atoms with E-state index in [1.165, 1.54) is 26.2 Å². The van der Waals surface area contributed by atoms with Crippen molar-refractivity contribution in [2.45, 2.75) is 13.0 Å². The molecular weight excluding hydrogens is 438 g/mol. The van der Waals surface area contributed by atoms with Gasteiger partial charge in [0.05, 0.1) is 44.9 Å². The Labute approximate surface area is 188 Å². The number of carbonyl (C=O) groups excluding carboxylic acids is 1. The molecule has 1 aliphatic heterocycles. The number of amides is 1. The van der Waals surface area contributed by atoms with Crippen LogP contribution in [0.2, 0.25) is 5.02 Å². The van der Waals surface area contributed by atoms with Crippen LogP contribution in [0.4, 0.5) is 0 Å². The highest BCUT2D eigenvalue weighted by Gasteiger charge is 2.43. The summed E-state index contributed by atoms with van der Waals surface area (Å²) >= 11 is 6.25. The average Bonchev–Trinajstić information content (AvgIpc) is 3.06. The van der Waals surface area contributed by atoms with Gasteiger partial charge in [0, 0.05) is 11.6 Å². The van der Waals surface area contributed by atoms with Gasteiger partial charge in [0.1, 0.15) is 5.58 Å². The van der Waals surface area contributed by atoms with Crippen LogP contribution < -0.4 is 19.6 Å². The predicted octanol–water partition coefficient (Wildman–Crippen LogP) is 3.32. The Kier molecular flexibility index (Phi) is 5.75. The van der Waals surface area contributed by atoms with E-state index in [1.807, 2.05) is 0 Å². The van der Waals surface area contributed by atoms with Gasteiger partial charge in [-0.2, -0.15) is 0 Å². The molecule has 1 atom stereocenters. The van der Waals surface area contributed by atoms with Gasteiger partial charge < -0.3 is 28.6 Å². The normalized spacial score (nSPS) is 15.2. The Morgan fingerprint density at radius 3 is 2.28 bits per heavy atom. The van der Waals surface area contributed by atoms with Crippen molar-refractivity contribution >= 4 is 28.5 Å². The highest BCUT2D eigenvalue weighted by atomic mass is 35.5. The van der Waals surface area contributed by atoms with Gasteiger partial charge in [-0.25, -0.2) is 0 Å². The number of methoxy groups -OCH3 is 3. The van der Waals surface area contributed by atoms with Gasteiger partial charge in [-0.1, -0.05) is 11.6 Å². The van der Waals surface area contributed by atoms with E-state index in [4.69, 9.17) is 30.2 Å². The minimum atomic E-state index is -0.820. The monoisotopic (exact) mass is 459 g/mol. The molecule has 0 saturated carbocycles. The largest absolute Gasteiger partial charge is 0.493 e. The van der Waals surface area contributed by atoms with Crippen molar-refractivity contribution in [1.82, 2.24) is 4.90 Å². The summed E-state index contributed by atoms with van der Waals surface area (Å²) in [5.74, 6) is 0.576. The van der Waals surface area contributed by atoms with E-state index < -0.39 is 11.9 Å². The fourth-order valence-corrected chi connectivity index (χ4v) is 4.25. The van der Waals surface area contributed by atoms with Crippen LogP contribution in [0.5, 0.6) is 17.2 Å². The summed E-state index contributed by atoms with van der Waals surface area (Å²) in [7, 11) is 4.44. The molecule has 1 N–H and O–H groups in total. The molecule has 0 radical (unpaired) electrons. The topological polar surface area (TPSA) is 98.4 Å². The van der Waals surface area contributed by atoms with Crippen LogP contribution in [0, 0.1) is 6.92 Å². The van der Waals surface area contributed by atoms with E-state index in [2.05, 4.69) is 0 Å². The number of rotatable bonds is 6. The number of carbonyl (C=O) groups is 1. The summed E-state index contributed by atoms with van der Waals surface area (Å²) in [5.41, 5.74) is 1.35. The molecular formula is C23H22ClNO7. The fourth-order valence-electron chi connectivity index (χ4n) is 4.09. The van der Waals surface area contributed by atoms with Gasteiger partial charge in [-0.15, -0.1) is 0 Å². The summed E-state index contributed by atoms with van der Waals surface area (Å²) < 4.78 is 22.2. The maximum absolute atomic E-state index is 13.5. The Morgan fingerprint density at radius 1 is 1.06 bits per heavy atom. The first kappa shape index (κ1) is 22.0. The van der Waals surface area contributed by atoms with Crippen molar-refractivity contribution in [3.05, 3.63) is 62.0 Å². The van der Waals surface area contributed by atoms with E-state index in [0.29, 0.717) is 27.8 Å². The lowest BCUT2D eigenvalue weighted by Gasteiger charge is -2.25. The summed E-state index contributed by atoms with van der Waals surface area (Å²) in [5, 5.41) is 10.3. The molecule has 2 heterocycles. The van der Waals surface area contributed by atoms with Crippen molar-refractivity contribution in [3.63, 3.8) is 0 Å². The van der Waals surface area contributed by atoms with Crippen molar-refractivity contribution in [2.75, 3.05) is 34.5 Å². The predicted molar refractivity (Wildman–Crippen MR) is 118 cm³/mol. The van der Waals surface area contributed by atoms with Crippen LogP contribution in [0.1, 0.15) is 33.3 Å². The second kappa shape index (κ2) is 8.37. The quantitative estimate of drug-likeness (QED) is 0.603. The number of aliphatic hydroxyl groups is 1. The molecule has 0 saturated heterocycles. The molecule has 3 aromatic rings. The second-order valence-electron chi connectivity index (χ2n) is 7.35. The lowest BCUT2D eigenvalue weighted by Crippen LogP contribution is -2.32. The first-order valence-corrected chi connectivity index (χ1v) is 10.2. The third-order valence-electron chi connectivity index (χ3n) is 5.59. The third-order valence-corrected chi connectivity index (χ3v) is 6.00. The maximum atomic E-state index is 13.5. The number of halogens is 1. The van der Waals surface area contributed by atoms with E-state index in [0.717, 1.165) is 5.56 Å². The molecule has 32 heavy (non-hydrogen) atoms. The molecule has 0 fully saturated rings. The van der Waals surface area contributed by atoms with Crippen molar-refractivity contribution in [2.24, 2.45) is 0 Å². The Balaban J connectivity index is 2.03. The Morgan fingerprint density at radius 2 is 1.72 bits per heavy atom. The molecule has 8 nitrogen and oxygen atoms in total. The number of aryl methyl sites for hydroxylation is 1. The SMILES string of the molecule is COc1cc(C2c3c(oc4cc(C)c(Cl)cc4c3=O)C(=O)N2CCO)cc(OC)c1OC. The molecule has 168 valence electrons. The molecule has 1 aliphatic rings. The van der Waals surface area contributed by atoms with Gasteiger partial charge in [0.25, 0.3) is 5.91 Å². The van der Waals surface area contributed by atoms with Gasteiger partial charge in [0.15, 0.2) is 16.9 Å². The smallest absolute Gasteiger partial charge is 0.290 e. The van der Waals surface area contributed by atoms with E-state index in [1.54, 1.807) is 31.2 Å². The number of nitrogens with zero attached hydrogens (tertiary/aromatic N) is 1. The first-order valence-electron chi connectivity index (χ1n) is 9.84. The number of β-amino-alcohol motifs (C(OH)–C–C–N with tert-alkyl or cyclic N) is 1. The van der Waals surface area contributed by atoms with E-state index in [-0.39, 0.29) is 40.9 Å². The summed E-state index contributed by atoms with van der Waals surface area (Å²) in [4.78, 5) is 28.2. The Hall–Kier alpha value is -3.23. The fraction of sp³-hybridized carbons (Fsp3) is 0.304. The van der Waals surface area contributed by atoms with Crippen LogP contribution in [0.3, 0.4) is 0 Å². The van der Waals surface area contributed by atoms with Gasteiger partial charge in [-0.3, -0.25) is 9.59 Å².